The van der Waals surface area contributed by atoms with Crippen LogP contribution in [0.1, 0.15) is 5.56 Å². The number of para-hydroxylation sites is 1. The van der Waals surface area contributed by atoms with Crippen LogP contribution < -0.4 is 4.72 Å². The number of benzene rings is 2. The van der Waals surface area contributed by atoms with Crippen molar-refractivity contribution in [1.29, 1.82) is 5.26 Å². The third-order valence-corrected chi connectivity index (χ3v) is 4.41. The highest BCUT2D eigenvalue weighted by atomic mass is 79.9. The fourth-order valence-electron chi connectivity index (χ4n) is 1.58. The number of hydrogen-bond acceptors (Lipinski definition) is 4. The molecule has 2 aromatic carbocycles. The lowest BCUT2D eigenvalue weighted by Crippen LogP contribution is -2.14. The van der Waals surface area contributed by atoms with Crippen molar-refractivity contribution in [2.24, 2.45) is 0 Å². The molecule has 0 atom stereocenters. The number of phenolic OH excluding ortho intramolecular Hbond substituents is 1. The Balaban J connectivity index is 2.47. The van der Waals surface area contributed by atoms with Crippen LogP contribution in [0.25, 0.3) is 0 Å². The Morgan fingerprint density at radius 3 is 2.55 bits per heavy atom. The molecule has 0 fully saturated rings. The molecular weight excluding hydrogens is 344 g/mol. The van der Waals surface area contributed by atoms with Crippen LogP contribution in [-0.2, 0) is 10.0 Å². The summed E-state index contributed by atoms with van der Waals surface area (Å²) in [6.45, 7) is 0. The molecule has 0 heterocycles. The molecule has 0 aliphatic heterocycles. The van der Waals surface area contributed by atoms with E-state index in [4.69, 9.17) is 5.26 Å². The second kappa shape index (κ2) is 5.53. The number of aromatic hydroxyl groups is 1. The zero-order valence-electron chi connectivity index (χ0n) is 10.0. The van der Waals surface area contributed by atoms with Crippen molar-refractivity contribution < 1.29 is 13.5 Å². The monoisotopic (exact) mass is 352 g/mol. The number of sulfonamides is 1. The van der Waals surface area contributed by atoms with E-state index in [0.29, 0.717) is 4.47 Å². The van der Waals surface area contributed by atoms with Gasteiger partial charge in [-0.2, -0.15) is 5.26 Å². The summed E-state index contributed by atoms with van der Waals surface area (Å²) in [4.78, 5) is -0.246. The highest BCUT2D eigenvalue weighted by Gasteiger charge is 2.19. The Morgan fingerprint density at radius 2 is 1.90 bits per heavy atom. The second-order valence-electron chi connectivity index (χ2n) is 3.87. The van der Waals surface area contributed by atoms with Gasteiger partial charge in [0, 0.05) is 4.47 Å². The smallest absolute Gasteiger partial charge is 0.265 e. The van der Waals surface area contributed by atoms with Crippen LogP contribution in [0, 0.1) is 11.3 Å². The van der Waals surface area contributed by atoms with E-state index in [0.717, 1.165) is 0 Å². The molecule has 5 nitrogen and oxygen atoms in total. The van der Waals surface area contributed by atoms with E-state index in [1.165, 1.54) is 36.4 Å². The van der Waals surface area contributed by atoms with Crippen molar-refractivity contribution in [3.05, 3.63) is 52.5 Å². The lowest BCUT2D eigenvalue weighted by molar-refractivity contribution is 0.459. The lowest BCUT2D eigenvalue weighted by atomic mass is 10.2. The van der Waals surface area contributed by atoms with Crippen molar-refractivity contribution in [3.8, 4) is 11.8 Å². The van der Waals surface area contributed by atoms with Crippen LogP contribution in [0.15, 0.2) is 51.8 Å². The largest absolute Gasteiger partial charge is 0.507 e. The molecule has 2 rings (SSSR count). The van der Waals surface area contributed by atoms with Gasteiger partial charge in [-0.3, -0.25) is 4.72 Å². The fraction of sp³-hybridized carbons (Fsp3) is 0. The molecule has 0 aliphatic carbocycles. The minimum absolute atomic E-state index is 0.144. The first-order valence-electron chi connectivity index (χ1n) is 5.44. The van der Waals surface area contributed by atoms with E-state index >= 15 is 0 Å². The summed E-state index contributed by atoms with van der Waals surface area (Å²) in [5, 5.41) is 18.6. The SMILES string of the molecule is N#Cc1ccc(Br)cc1NS(=O)(=O)c1ccccc1O. The van der Waals surface area contributed by atoms with E-state index in [1.807, 2.05) is 6.07 Å². The summed E-state index contributed by atoms with van der Waals surface area (Å²) in [5.41, 5.74) is 0.331. The molecule has 0 unspecified atom stereocenters. The summed E-state index contributed by atoms with van der Waals surface area (Å²) in [5.74, 6) is -0.353. The third-order valence-electron chi connectivity index (χ3n) is 2.50. The van der Waals surface area contributed by atoms with Gasteiger partial charge in [-0.25, -0.2) is 8.42 Å². The topological polar surface area (TPSA) is 90.2 Å². The van der Waals surface area contributed by atoms with Crippen molar-refractivity contribution in [2.75, 3.05) is 4.72 Å². The summed E-state index contributed by atoms with van der Waals surface area (Å²) < 4.78 is 27.3. The van der Waals surface area contributed by atoms with Crippen LogP contribution in [0.3, 0.4) is 0 Å². The molecule has 0 aromatic heterocycles. The number of nitrogens with zero attached hydrogens (tertiary/aromatic N) is 1. The number of hydrogen-bond donors (Lipinski definition) is 2. The summed E-state index contributed by atoms with van der Waals surface area (Å²) in [6, 6.07) is 12.1. The first-order chi connectivity index (χ1) is 9.44. The number of nitriles is 1. The number of rotatable bonds is 3. The maximum atomic E-state index is 12.2. The molecule has 0 radical (unpaired) electrons. The minimum Gasteiger partial charge on any atom is -0.507 e. The van der Waals surface area contributed by atoms with Gasteiger partial charge < -0.3 is 5.11 Å². The van der Waals surface area contributed by atoms with Gasteiger partial charge in [0.25, 0.3) is 10.0 Å². The van der Waals surface area contributed by atoms with E-state index < -0.39 is 10.0 Å². The molecule has 0 amide bonds. The summed E-state index contributed by atoms with van der Waals surface area (Å²) in [6.07, 6.45) is 0. The Kier molecular flexibility index (Phi) is 3.97. The third kappa shape index (κ3) is 2.92. The van der Waals surface area contributed by atoms with Gasteiger partial charge >= 0.3 is 0 Å². The Labute approximate surface area is 124 Å². The van der Waals surface area contributed by atoms with Gasteiger partial charge in [0.05, 0.1) is 11.3 Å². The van der Waals surface area contributed by atoms with E-state index in [2.05, 4.69) is 20.7 Å². The highest BCUT2D eigenvalue weighted by molar-refractivity contribution is 9.10. The first-order valence-corrected chi connectivity index (χ1v) is 7.72. The number of nitrogens with one attached hydrogen (secondary N) is 1. The Bertz CT molecular complexity index is 798. The quantitative estimate of drug-likeness (QED) is 0.888. The number of halogens is 1. The lowest BCUT2D eigenvalue weighted by Gasteiger charge is -2.10. The Morgan fingerprint density at radius 1 is 1.20 bits per heavy atom. The van der Waals surface area contributed by atoms with Crippen molar-refractivity contribution in [3.63, 3.8) is 0 Å². The maximum absolute atomic E-state index is 12.2. The average Bonchev–Trinajstić information content (AvgIpc) is 2.39. The van der Waals surface area contributed by atoms with Gasteiger partial charge in [0.1, 0.15) is 16.7 Å². The van der Waals surface area contributed by atoms with Gasteiger partial charge in [-0.05, 0) is 30.3 Å². The molecule has 0 saturated carbocycles. The van der Waals surface area contributed by atoms with E-state index in [-0.39, 0.29) is 21.9 Å². The minimum atomic E-state index is -3.97. The van der Waals surface area contributed by atoms with Gasteiger partial charge in [0.15, 0.2) is 0 Å². The molecule has 2 aromatic rings. The first kappa shape index (κ1) is 14.4. The number of phenols is 1. The average molecular weight is 353 g/mol. The molecule has 0 spiro atoms. The van der Waals surface area contributed by atoms with Crippen LogP contribution in [0.5, 0.6) is 5.75 Å². The standard InChI is InChI=1S/C13H9BrN2O3S/c14-10-6-5-9(8-15)11(7-10)16-20(18,19)13-4-2-1-3-12(13)17/h1-7,16-17H. The zero-order valence-corrected chi connectivity index (χ0v) is 12.4. The maximum Gasteiger partial charge on any atom is 0.265 e. The molecule has 0 saturated heterocycles. The van der Waals surface area contributed by atoms with Crippen LogP contribution in [0.4, 0.5) is 5.69 Å². The summed E-state index contributed by atoms with van der Waals surface area (Å²) >= 11 is 3.21. The predicted octanol–water partition coefficient (Wildman–Crippen LogP) is 2.83. The van der Waals surface area contributed by atoms with Crippen LogP contribution in [0.2, 0.25) is 0 Å². The molecular formula is C13H9BrN2O3S. The normalized spacial score (nSPS) is 10.8. The molecule has 7 heteroatoms. The van der Waals surface area contributed by atoms with Gasteiger partial charge in [0.2, 0.25) is 0 Å². The predicted molar refractivity (Wildman–Crippen MR) is 77.8 cm³/mol. The van der Waals surface area contributed by atoms with Crippen LogP contribution in [-0.4, -0.2) is 13.5 Å². The molecule has 0 aliphatic rings. The molecule has 20 heavy (non-hydrogen) atoms. The molecule has 0 bridgehead atoms. The number of anilines is 1. The fourth-order valence-corrected chi connectivity index (χ4v) is 3.11. The van der Waals surface area contributed by atoms with Gasteiger partial charge in [-0.15, -0.1) is 0 Å². The summed E-state index contributed by atoms with van der Waals surface area (Å²) in [7, 11) is -3.97. The van der Waals surface area contributed by atoms with Crippen molar-refractivity contribution in [2.45, 2.75) is 4.90 Å². The van der Waals surface area contributed by atoms with Gasteiger partial charge in [-0.1, -0.05) is 28.1 Å². The van der Waals surface area contributed by atoms with Crippen LogP contribution >= 0.6 is 15.9 Å². The second-order valence-corrected chi connectivity index (χ2v) is 6.44. The van der Waals surface area contributed by atoms with Crippen molar-refractivity contribution >= 4 is 31.6 Å². The van der Waals surface area contributed by atoms with Crippen molar-refractivity contribution in [1.82, 2.24) is 0 Å². The zero-order chi connectivity index (χ0) is 14.8. The van der Waals surface area contributed by atoms with E-state index in [1.54, 1.807) is 6.07 Å². The Hall–Kier alpha value is -2.04. The van der Waals surface area contributed by atoms with E-state index in [9.17, 15) is 13.5 Å². The highest BCUT2D eigenvalue weighted by Crippen LogP contribution is 2.27. The molecule has 102 valence electrons. The molecule has 2 N–H and O–H groups in total.